The molecule has 1 aliphatic heterocycles. The number of carbonyl (C=O) groups excluding carboxylic acids is 2. The van der Waals surface area contributed by atoms with Crippen LogP contribution in [0.2, 0.25) is 0 Å². The number of ether oxygens (including phenoxy) is 1. The number of benzene rings is 1. The van der Waals surface area contributed by atoms with E-state index in [1.165, 1.54) is 6.21 Å². The van der Waals surface area contributed by atoms with E-state index in [9.17, 15) is 9.59 Å². The van der Waals surface area contributed by atoms with Crippen molar-refractivity contribution in [3.8, 4) is 0 Å². The van der Waals surface area contributed by atoms with Crippen molar-refractivity contribution >= 4 is 18.0 Å². The molecule has 1 aromatic rings. The third-order valence-corrected chi connectivity index (χ3v) is 3.32. The fraction of sp³-hybridized carbons (Fsp3) is 0.357. The van der Waals surface area contributed by atoms with Crippen LogP contribution in [0.1, 0.15) is 24.8 Å². The van der Waals surface area contributed by atoms with Crippen molar-refractivity contribution < 1.29 is 14.3 Å². The van der Waals surface area contributed by atoms with E-state index in [4.69, 9.17) is 10.6 Å². The molecule has 1 fully saturated rings. The van der Waals surface area contributed by atoms with E-state index in [1.54, 1.807) is 0 Å². The zero-order valence-electron chi connectivity index (χ0n) is 11.5. The van der Waals surface area contributed by atoms with E-state index in [1.807, 2.05) is 35.8 Å². The normalized spacial score (nSPS) is 22.0. The largest absolute Gasteiger partial charge is 0.356 e. The summed E-state index contributed by atoms with van der Waals surface area (Å²) in [6.45, 7) is 0.337. The molecule has 112 valence electrons. The Morgan fingerprint density at radius 2 is 2.00 bits per heavy atom. The summed E-state index contributed by atoms with van der Waals surface area (Å²) in [5, 5.41) is 3.85. The number of rotatable bonds is 4. The van der Waals surface area contributed by atoms with Crippen LogP contribution < -0.4 is 16.7 Å². The first kappa shape index (κ1) is 15.1. The molecule has 0 aromatic heterocycles. The number of hydrazine groups is 1. The van der Waals surface area contributed by atoms with Crippen LogP contribution in [0, 0.1) is 0 Å². The average Bonchev–Trinajstić information content (AvgIpc) is 2.55. The Hall–Kier alpha value is -2.25. The second kappa shape index (κ2) is 6.96. The fourth-order valence-corrected chi connectivity index (χ4v) is 2.17. The van der Waals surface area contributed by atoms with E-state index >= 15 is 0 Å². The van der Waals surface area contributed by atoms with Crippen LogP contribution in [0.25, 0.3) is 0 Å². The molecule has 1 atom stereocenters. The van der Waals surface area contributed by atoms with Crippen LogP contribution in [-0.4, -0.2) is 30.2 Å². The lowest BCUT2D eigenvalue weighted by atomic mass is 9.92. The van der Waals surface area contributed by atoms with Gasteiger partial charge in [0.1, 0.15) is 0 Å². The third kappa shape index (κ3) is 3.45. The maximum Gasteiger partial charge on any atom is 0.282 e. The van der Waals surface area contributed by atoms with E-state index in [2.05, 4.69) is 10.5 Å². The quantitative estimate of drug-likeness (QED) is 0.240. The fourth-order valence-electron chi connectivity index (χ4n) is 2.17. The van der Waals surface area contributed by atoms with Gasteiger partial charge in [0, 0.05) is 6.61 Å². The summed E-state index contributed by atoms with van der Waals surface area (Å²) in [7, 11) is 0. The van der Waals surface area contributed by atoms with E-state index in [-0.39, 0.29) is 6.42 Å². The van der Waals surface area contributed by atoms with Gasteiger partial charge in [-0.1, -0.05) is 30.3 Å². The minimum absolute atomic E-state index is 0.280. The van der Waals surface area contributed by atoms with Crippen molar-refractivity contribution in [1.29, 1.82) is 0 Å². The van der Waals surface area contributed by atoms with Crippen molar-refractivity contribution in [3.05, 3.63) is 35.9 Å². The van der Waals surface area contributed by atoms with Gasteiger partial charge in [-0.25, -0.2) is 11.3 Å². The molecule has 1 heterocycles. The topological polar surface area (TPSA) is 106 Å². The molecule has 0 radical (unpaired) electrons. The zero-order valence-corrected chi connectivity index (χ0v) is 11.5. The van der Waals surface area contributed by atoms with Gasteiger partial charge in [-0.3, -0.25) is 15.0 Å². The van der Waals surface area contributed by atoms with Gasteiger partial charge in [-0.2, -0.15) is 5.10 Å². The molecule has 0 aliphatic carbocycles. The van der Waals surface area contributed by atoms with Gasteiger partial charge in [0.15, 0.2) is 0 Å². The first-order valence-corrected chi connectivity index (χ1v) is 6.72. The highest BCUT2D eigenvalue weighted by Gasteiger charge is 2.48. The molecule has 4 N–H and O–H groups in total. The van der Waals surface area contributed by atoms with E-state index < -0.39 is 17.4 Å². The Balaban J connectivity index is 2.05. The first-order valence-electron chi connectivity index (χ1n) is 6.72. The molecule has 7 nitrogen and oxygen atoms in total. The van der Waals surface area contributed by atoms with Gasteiger partial charge in [0.2, 0.25) is 5.60 Å². The molecule has 7 heteroatoms. The number of hydrogen-bond acceptors (Lipinski definition) is 5. The predicted molar refractivity (Wildman–Crippen MR) is 77.0 cm³/mol. The maximum absolute atomic E-state index is 12.2. The van der Waals surface area contributed by atoms with Gasteiger partial charge < -0.3 is 4.74 Å². The predicted octanol–water partition coefficient (Wildman–Crippen LogP) is 0.0659. The minimum Gasteiger partial charge on any atom is -0.356 e. The smallest absolute Gasteiger partial charge is 0.282 e. The van der Waals surface area contributed by atoms with Crippen molar-refractivity contribution in [3.63, 3.8) is 0 Å². The number of amides is 2. The summed E-state index contributed by atoms with van der Waals surface area (Å²) in [4.78, 5) is 24.1. The molecule has 0 spiro atoms. The lowest BCUT2D eigenvalue weighted by molar-refractivity contribution is -0.166. The molecule has 1 unspecified atom stereocenters. The Morgan fingerprint density at radius 1 is 1.24 bits per heavy atom. The van der Waals surface area contributed by atoms with Gasteiger partial charge >= 0.3 is 0 Å². The van der Waals surface area contributed by atoms with Crippen LogP contribution in [0.3, 0.4) is 0 Å². The number of nitrogens with two attached hydrogens (primary N) is 1. The summed E-state index contributed by atoms with van der Waals surface area (Å²) >= 11 is 0. The zero-order chi connectivity index (χ0) is 15.1. The highest BCUT2D eigenvalue weighted by atomic mass is 16.5. The van der Waals surface area contributed by atoms with Crippen molar-refractivity contribution in [2.45, 2.75) is 24.9 Å². The lowest BCUT2D eigenvalue weighted by Gasteiger charge is -2.32. The second-order valence-corrected chi connectivity index (χ2v) is 4.72. The van der Waals surface area contributed by atoms with Crippen LogP contribution in [0.15, 0.2) is 35.4 Å². The summed E-state index contributed by atoms with van der Waals surface area (Å²) < 4.78 is 5.40. The summed E-state index contributed by atoms with van der Waals surface area (Å²) in [5.41, 5.74) is 3.57. The second-order valence-electron chi connectivity index (χ2n) is 4.72. The van der Waals surface area contributed by atoms with E-state index in [0.717, 1.165) is 12.0 Å². The Bertz CT molecular complexity index is 524. The molecule has 2 rings (SSSR count). The number of hydrazone groups is 1. The maximum atomic E-state index is 12.2. The highest BCUT2D eigenvalue weighted by molar-refractivity contribution is 6.08. The van der Waals surface area contributed by atoms with Crippen LogP contribution in [0.4, 0.5) is 0 Å². The standard InChI is InChI=1S/C14H18N4O3/c15-17-12(19)14(8-4-5-9-21-14)13(20)18-16-10-11-6-2-1-3-7-11/h1-3,6-7,10H,4-5,8-9,15H2,(H,17,19)(H,18,20). The molecule has 0 bridgehead atoms. The van der Waals surface area contributed by atoms with Crippen molar-refractivity contribution in [2.75, 3.05) is 6.61 Å². The average molecular weight is 290 g/mol. The molecule has 1 aliphatic rings. The number of nitrogens with zero attached hydrogens (tertiary/aromatic N) is 1. The lowest BCUT2D eigenvalue weighted by Crippen LogP contribution is -2.60. The van der Waals surface area contributed by atoms with Crippen LogP contribution in [0.5, 0.6) is 0 Å². The Labute approximate surface area is 122 Å². The third-order valence-electron chi connectivity index (χ3n) is 3.32. The highest BCUT2D eigenvalue weighted by Crippen LogP contribution is 2.25. The monoisotopic (exact) mass is 290 g/mol. The molecule has 2 amide bonds. The number of hydrogen-bond donors (Lipinski definition) is 3. The Morgan fingerprint density at radius 3 is 2.62 bits per heavy atom. The van der Waals surface area contributed by atoms with Gasteiger partial charge in [0.25, 0.3) is 11.8 Å². The molecule has 0 saturated carbocycles. The van der Waals surface area contributed by atoms with Crippen LogP contribution >= 0.6 is 0 Å². The van der Waals surface area contributed by atoms with Crippen LogP contribution in [-0.2, 0) is 14.3 Å². The molecule has 1 aromatic carbocycles. The van der Waals surface area contributed by atoms with E-state index in [0.29, 0.717) is 13.0 Å². The summed E-state index contributed by atoms with van der Waals surface area (Å²) in [6, 6.07) is 9.28. The van der Waals surface area contributed by atoms with Gasteiger partial charge in [-0.15, -0.1) is 0 Å². The van der Waals surface area contributed by atoms with Crippen molar-refractivity contribution in [2.24, 2.45) is 10.9 Å². The summed E-state index contributed by atoms with van der Waals surface area (Å²) in [6.07, 6.45) is 3.29. The van der Waals surface area contributed by atoms with Crippen molar-refractivity contribution in [1.82, 2.24) is 10.9 Å². The Kier molecular flexibility index (Phi) is 5.02. The summed E-state index contributed by atoms with van der Waals surface area (Å²) in [5.74, 6) is 3.88. The molecule has 21 heavy (non-hydrogen) atoms. The van der Waals surface area contributed by atoms with Gasteiger partial charge in [-0.05, 0) is 24.8 Å². The number of carbonyl (C=O) groups is 2. The van der Waals surface area contributed by atoms with Gasteiger partial charge in [0.05, 0.1) is 6.21 Å². The molecular weight excluding hydrogens is 272 g/mol. The molecular formula is C14H18N4O3. The number of nitrogens with one attached hydrogen (secondary N) is 2. The minimum atomic E-state index is -1.60. The SMILES string of the molecule is NNC(=O)C1(C(=O)NN=Cc2ccccc2)CCCCO1. The first-order chi connectivity index (χ1) is 10.2. The molecule has 1 saturated heterocycles.